The van der Waals surface area contributed by atoms with Gasteiger partial charge >= 0.3 is 5.97 Å². The number of Topliss-reactive ketones (excluding diaryl/α,β-unsaturated/α-hetero) is 1. The Morgan fingerprint density at radius 3 is 1.52 bits per heavy atom. The van der Waals surface area contributed by atoms with E-state index in [-0.39, 0.29) is 12.2 Å². The number of alkyl halides is 2. The standard InChI is InChI=1S/C13H13BrO.C9H9BrO2.C3H5N/c1-2-3-4-13(15)9-11-5-7-12(10-14)8-6-11;10-6-8-3-1-7(2-4-8)5-9(11)12;1-2-3-4/h1,5-8H,3-4,9-10H2;1-4H,5-6H2,(H,11,12);1H,3-4H2. The minimum atomic E-state index is -0.790. The number of rotatable bonds is 8. The van der Waals surface area contributed by atoms with Gasteiger partial charge in [-0.2, -0.15) is 0 Å². The smallest absolute Gasteiger partial charge is 0.307 e. The molecule has 0 spiro atoms. The molecule has 0 saturated carbocycles. The van der Waals surface area contributed by atoms with Gasteiger partial charge in [0, 0.05) is 29.9 Å². The third-order valence-electron chi connectivity index (χ3n) is 3.78. The average molecular weight is 549 g/mol. The number of hydrogen-bond donors (Lipinski definition) is 2. The molecule has 164 valence electrons. The second-order valence-corrected chi connectivity index (χ2v) is 7.42. The number of carboxylic acid groups (broad SMARTS) is 1. The highest BCUT2D eigenvalue weighted by atomic mass is 79.9. The Labute approximate surface area is 201 Å². The topological polar surface area (TPSA) is 80.4 Å². The molecule has 0 radical (unpaired) electrons. The van der Waals surface area contributed by atoms with Crippen LogP contribution in [0.2, 0.25) is 0 Å². The molecule has 2 aromatic rings. The van der Waals surface area contributed by atoms with E-state index in [1.54, 1.807) is 0 Å². The molecule has 6 heteroatoms. The SMILES string of the molecule is C#CCCC(=O)Cc1ccc(CBr)cc1.C#CCN.O=C(O)Cc1ccc(CBr)cc1. The maximum atomic E-state index is 11.4. The van der Waals surface area contributed by atoms with Crippen LogP contribution in [0, 0.1) is 24.7 Å². The van der Waals surface area contributed by atoms with E-state index in [2.05, 4.69) is 50.1 Å². The van der Waals surface area contributed by atoms with Crippen molar-refractivity contribution in [3.05, 3.63) is 70.8 Å². The van der Waals surface area contributed by atoms with Crippen molar-refractivity contribution in [2.45, 2.75) is 36.3 Å². The lowest BCUT2D eigenvalue weighted by Gasteiger charge is -2.01. The monoisotopic (exact) mass is 547 g/mol. The number of halogens is 2. The summed E-state index contributed by atoms with van der Waals surface area (Å²) in [6.45, 7) is 0.347. The Bertz CT molecular complexity index is 864. The zero-order chi connectivity index (χ0) is 23.5. The van der Waals surface area contributed by atoms with Gasteiger partial charge < -0.3 is 10.8 Å². The summed E-state index contributed by atoms with van der Waals surface area (Å²) in [5.41, 5.74) is 9.06. The van der Waals surface area contributed by atoms with E-state index < -0.39 is 5.97 Å². The highest BCUT2D eigenvalue weighted by Crippen LogP contribution is 2.10. The summed E-state index contributed by atoms with van der Waals surface area (Å²) in [6, 6.07) is 15.6. The fourth-order valence-corrected chi connectivity index (χ4v) is 2.94. The molecule has 2 aromatic carbocycles. The third kappa shape index (κ3) is 15.1. The second-order valence-electron chi connectivity index (χ2n) is 6.30. The Morgan fingerprint density at radius 1 is 0.806 bits per heavy atom. The van der Waals surface area contributed by atoms with Crippen LogP contribution in [0.25, 0.3) is 0 Å². The first-order valence-corrected chi connectivity index (χ1v) is 11.7. The van der Waals surface area contributed by atoms with Crippen LogP contribution in [-0.2, 0) is 33.1 Å². The van der Waals surface area contributed by atoms with Gasteiger partial charge in [0.15, 0.2) is 0 Å². The molecular formula is C25H27Br2NO3. The molecular weight excluding hydrogens is 522 g/mol. The number of ketones is 1. The lowest BCUT2D eigenvalue weighted by Crippen LogP contribution is -2.01. The third-order valence-corrected chi connectivity index (χ3v) is 5.07. The fraction of sp³-hybridized carbons (Fsp3) is 0.280. The molecule has 0 unspecified atom stereocenters. The number of carboxylic acids is 1. The quantitative estimate of drug-likeness (QED) is 0.363. The molecule has 0 aliphatic heterocycles. The maximum absolute atomic E-state index is 11.4. The maximum Gasteiger partial charge on any atom is 0.307 e. The predicted octanol–water partition coefficient (Wildman–Crippen LogP) is 4.89. The molecule has 2 rings (SSSR count). The molecule has 0 saturated heterocycles. The van der Waals surface area contributed by atoms with Crippen LogP contribution in [0.5, 0.6) is 0 Å². The average Bonchev–Trinajstić information content (AvgIpc) is 2.79. The molecule has 0 aliphatic carbocycles. The first-order valence-electron chi connectivity index (χ1n) is 9.48. The summed E-state index contributed by atoms with van der Waals surface area (Å²) in [5.74, 6) is 4.10. The van der Waals surface area contributed by atoms with E-state index in [4.69, 9.17) is 17.3 Å². The van der Waals surface area contributed by atoms with Gasteiger partial charge in [0.2, 0.25) is 0 Å². The van der Waals surface area contributed by atoms with Crippen LogP contribution < -0.4 is 5.73 Å². The van der Waals surface area contributed by atoms with E-state index in [9.17, 15) is 9.59 Å². The number of nitrogens with two attached hydrogens (primary N) is 1. The van der Waals surface area contributed by atoms with Crippen molar-refractivity contribution in [3.8, 4) is 24.7 Å². The lowest BCUT2D eigenvalue weighted by molar-refractivity contribution is -0.136. The fourth-order valence-electron chi connectivity index (χ4n) is 2.19. The summed E-state index contributed by atoms with van der Waals surface area (Å²) in [4.78, 5) is 21.7. The van der Waals surface area contributed by atoms with Gasteiger partial charge in [-0.3, -0.25) is 9.59 Å². The van der Waals surface area contributed by atoms with E-state index in [1.807, 2.05) is 48.5 Å². The van der Waals surface area contributed by atoms with Gasteiger partial charge in [-0.25, -0.2) is 0 Å². The van der Waals surface area contributed by atoms with E-state index >= 15 is 0 Å². The highest BCUT2D eigenvalue weighted by Gasteiger charge is 2.02. The lowest BCUT2D eigenvalue weighted by atomic mass is 10.0. The van der Waals surface area contributed by atoms with Crippen molar-refractivity contribution < 1.29 is 14.7 Å². The Hall–Kier alpha value is -2.38. The molecule has 0 atom stereocenters. The summed E-state index contributed by atoms with van der Waals surface area (Å²) >= 11 is 6.69. The number of hydrogen-bond acceptors (Lipinski definition) is 3. The van der Waals surface area contributed by atoms with Crippen molar-refractivity contribution in [2.75, 3.05) is 6.54 Å². The van der Waals surface area contributed by atoms with Crippen molar-refractivity contribution >= 4 is 43.6 Å². The van der Waals surface area contributed by atoms with Crippen LogP contribution in [-0.4, -0.2) is 23.4 Å². The number of carbonyl (C=O) groups is 2. The summed E-state index contributed by atoms with van der Waals surface area (Å²) in [7, 11) is 0. The van der Waals surface area contributed by atoms with Crippen molar-refractivity contribution in [1.29, 1.82) is 0 Å². The van der Waals surface area contributed by atoms with Gasteiger partial charge in [0.05, 0.1) is 13.0 Å². The van der Waals surface area contributed by atoms with Crippen molar-refractivity contribution in [1.82, 2.24) is 0 Å². The largest absolute Gasteiger partial charge is 0.481 e. The summed E-state index contributed by atoms with van der Waals surface area (Å²) in [6.07, 6.45) is 11.4. The molecule has 0 heterocycles. The van der Waals surface area contributed by atoms with E-state index in [0.717, 1.165) is 27.4 Å². The molecule has 0 bridgehead atoms. The first kappa shape index (κ1) is 28.6. The molecule has 3 N–H and O–H groups in total. The van der Waals surface area contributed by atoms with Gasteiger partial charge in [-0.15, -0.1) is 18.8 Å². The van der Waals surface area contributed by atoms with Crippen molar-refractivity contribution in [2.24, 2.45) is 5.73 Å². The number of aliphatic carboxylic acids is 1. The van der Waals surface area contributed by atoms with Crippen LogP contribution in [0.15, 0.2) is 48.5 Å². The molecule has 31 heavy (non-hydrogen) atoms. The van der Waals surface area contributed by atoms with E-state index in [1.165, 1.54) is 5.56 Å². The van der Waals surface area contributed by atoms with Gasteiger partial charge in [0.1, 0.15) is 5.78 Å². The number of benzene rings is 2. The molecule has 0 aromatic heterocycles. The molecule has 0 fully saturated rings. The predicted molar refractivity (Wildman–Crippen MR) is 134 cm³/mol. The van der Waals surface area contributed by atoms with Gasteiger partial charge in [0.25, 0.3) is 0 Å². The summed E-state index contributed by atoms with van der Waals surface area (Å²) in [5, 5.41) is 10.1. The van der Waals surface area contributed by atoms with Crippen LogP contribution in [0.3, 0.4) is 0 Å². The molecule has 0 amide bonds. The zero-order valence-electron chi connectivity index (χ0n) is 17.3. The number of carbonyl (C=O) groups excluding carboxylic acids is 1. The van der Waals surface area contributed by atoms with Crippen LogP contribution in [0.4, 0.5) is 0 Å². The minimum Gasteiger partial charge on any atom is -0.481 e. The second kappa shape index (κ2) is 18.4. The summed E-state index contributed by atoms with van der Waals surface area (Å²) < 4.78 is 0. The Balaban J connectivity index is 0.000000504. The van der Waals surface area contributed by atoms with Gasteiger partial charge in [-0.1, -0.05) is 86.3 Å². The minimum absolute atomic E-state index is 0.0998. The van der Waals surface area contributed by atoms with Crippen LogP contribution in [0.1, 0.15) is 35.1 Å². The van der Waals surface area contributed by atoms with Gasteiger partial charge in [-0.05, 0) is 22.3 Å². The Kier molecular flexibility index (Phi) is 17.0. The van der Waals surface area contributed by atoms with Crippen molar-refractivity contribution in [3.63, 3.8) is 0 Å². The zero-order valence-corrected chi connectivity index (χ0v) is 20.5. The molecule has 0 aliphatic rings. The molecule has 4 nitrogen and oxygen atoms in total. The Morgan fingerprint density at radius 2 is 1.19 bits per heavy atom. The van der Waals surface area contributed by atoms with E-state index in [0.29, 0.717) is 25.8 Å². The number of terminal acetylenes is 2. The first-order chi connectivity index (χ1) is 14.9. The normalized spacial score (nSPS) is 9.06. The van der Waals surface area contributed by atoms with Crippen LogP contribution >= 0.6 is 31.9 Å². The highest BCUT2D eigenvalue weighted by molar-refractivity contribution is 9.08.